The fourth-order valence-corrected chi connectivity index (χ4v) is 10.4. The minimum atomic E-state index is 0.430. The second-order valence-electron chi connectivity index (χ2n) is 16.9. The maximum Gasteiger partial charge on any atom is 0.164 e. The minimum absolute atomic E-state index is 0.430. The first-order valence-electron chi connectivity index (χ1n) is 21.2. The molecule has 2 aromatic heterocycles. The third-order valence-electron chi connectivity index (χ3n) is 13.4. The van der Waals surface area contributed by atoms with Crippen LogP contribution in [-0.2, 0) is 5.41 Å². The van der Waals surface area contributed by atoms with Crippen molar-refractivity contribution in [1.82, 2.24) is 29.9 Å². The first-order chi connectivity index (χ1) is 30.1. The van der Waals surface area contributed by atoms with Crippen molar-refractivity contribution in [3.63, 3.8) is 0 Å². The molecule has 3 aliphatic carbocycles. The number of benzene rings is 7. The minimum Gasteiger partial charge on any atom is -0.208 e. The zero-order chi connectivity index (χ0) is 40.3. The molecule has 0 N–H and O–H groups in total. The van der Waals surface area contributed by atoms with Crippen LogP contribution >= 0.6 is 0 Å². The van der Waals surface area contributed by atoms with E-state index >= 15 is 0 Å². The van der Waals surface area contributed by atoms with Crippen LogP contribution in [0.3, 0.4) is 0 Å². The molecule has 290 valence electrons. The van der Waals surface area contributed by atoms with Crippen LogP contribution in [0.5, 0.6) is 0 Å². The third kappa shape index (κ3) is 6.26. The van der Waals surface area contributed by atoms with Crippen LogP contribution in [0.25, 0.3) is 90.6 Å². The summed E-state index contributed by atoms with van der Waals surface area (Å²) in [6.45, 7) is 0. The van der Waals surface area contributed by atoms with E-state index in [4.69, 9.17) is 29.9 Å². The van der Waals surface area contributed by atoms with E-state index in [9.17, 15) is 0 Å². The molecule has 3 aliphatic rings. The summed E-state index contributed by atoms with van der Waals surface area (Å²) in [7, 11) is 0. The maximum atomic E-state index is 5.11. The van der Waals surface area contributed by atoms with Crippen LogP contribution in [-0.4, -0.2) is 29.9 Å². The SMILES string of the molecule is c1ccc(-c2cccc(-c3nc(-c4ccccc4)nc(-c4ccc(-c5cccc(-c6nc(-c7ccccc7)nc(-c7ccc(C89CC%10CC(C8)C%109)cc7)n6)c5)cc4)n3)c2)cc1. The van der Waals surface area contributed by atoms with Gasteiger partial charge in [-0.05, 0) is 82.4 Å². The average molecular weight is 785 g/mol. The van der Waals surface area contributed by atoms with Crippen molar-refractivity contribution in [3.05, 3.63) is 194 Å². The van der Waals surface area contributed by atoms with E-state index in [1.165, 1.54) is 24.8 Å². The first-order valence-corrected chi connectivity index (χ1v) is 21.2. The highest BCUT2D eigenvalue weighted by Gasteiger charge is 2.71. The molecule has 12 rings (SSSR count). The topological polar surface area (TPSA) is 77.3 Å². The Kier molecular flexibility index (Phi) is 8.37. The van der Waals surface area contributed by atoms with E-state index in [1.54, 1.807) is 0 Å². The van der Waals surface area contributed by atoms with E-state index in [-0.39, 0.29) is 0 Å². The van der Waals surface area contributed by atoms with Gasteiger partial charge >= 0.3 is 0 Å². The summed E-state index contributed by atoms with van der Waals surface area (Å²) < 4.78 is 0. The molecule has 0 spiro atoms. The van der Waals surface area contributed by atoms with Crippen LogP contribution < -0.4 is 0 Å². The van der Waals surface area contributed by atoms with E-state index in [1.807, 2.05) is 54.6 Å². The summed E-state index contributed by atoms with van der Waals surface area (Å²) in [4.78, 5) is 30.2. The van der Waals surface area contributed by atoms with Gasteiger partial charge in [0.05, 0.1) is 0 Å². The van der Waals surface area contributed by atoms with Gasteiger partial charge < -0.3 is 0 Å². The second kappa shape index (κ2) is 14.4. The Bertz CT molecular complexity index is 3050. The van der Waals surface area contributed by atoms with Crippen molar-refractivity contribution >= 4 is 0 Å². The van der Waals surface area contributed by atoms with E-state index in [0.29, 0.717) is 40.4 Å². The lowest BCUT2D eigenvalue weighted by atomic mass is 9.28. The Morgan fingerprint density at radius 1 is 0.295 bits per heavy atom. The Balaban J connectivity index is 0.874. The molecule has 9 aromatic rings. The van der Waals surface area contributed by atoms with Crippen LogP contribution in [0.2, 0.25) is 0 Å². The molecule has 0 bridgehead atoms. The van der Waals surface area contributed by atoms with Crippen molar-refractivity contribution in [1.29, 1.82) is 0 Å². The molecular weight excluding hydrogens is 745 g/mol. The normalized spacial score (nSPS) is 19.5. The van der Waals surface area contributed by atoms with E-state index < -0.39 is 0 Å². The van der Waals surface area contributed by atoms with Crippen LogP contribution in [0.1, 0.15) is 24.8 Å². The highest BCUT2D eigenvalue weighted by Crippen LogP contribution is 2.77. The van der Waals surface area contributed by atoms with Gasteiger partial charge in [-0.3, -0.25) is 0 Å². The largest absolute Gasteiger partial charge is 0.208 e. The standard InChI is InChI=1S/C55H40N6/c1-4-12-35(13-5-1)41-18-10-20-43(30-41)53-58-49(37-14-6-2-7-15-37)56-51(60-53)39-24-22-36(23-25-39)42-19-11-21-44(31-42)54-59-50(38-16-8-3-9-17-38)57-52(61-54)40-26-28-47(29-27-40)55-33-45-32-46(34-55)48(45)55/h1-31,45-46,48H,32-34H2. The first kappa shape index (κ1) is 35.5. The summed E-state index contributed by atoms with van der Waals surface area (Å²) in [6.07, 6.45) is 4.17. The van der Waals surface area contributed by atoms with Crippen molar-refractivity contribution in [2.24, 2.45) is 17.8 Å². The Morgan fingerprint density at radius 3 is 1.02 bits per heavy atom. The maximum absolute atomic E-state index is 5.11. The number of aromatic nitrogens is 6. The zero-order valence-corrected chi connectivity index (χ0v) is 33.4. The quantitative estimate of drug-likeness (QED) is 0.145. The number of nitrogens with zero attached hydrogens (tertiary/aromatic N) is 6. The second-order valence-corrected chi connectivity index (χ2v) is 16.9. The summed E-state index contributed by atoms with van der Waals surface area (Å²) in [5.74, 6) is 6.73. The Hall–Kier alpha value is -7.44. The van der Waals surface area contributed by atoms with Gasteiger partial charge in [-0.15, -0.1) is 0 Å². The lowest BCUT2D eigenvalue weighted by molar-refractivity contribution is -0.219. The van der Waals surface area contributed by atoms with Gasteiger partial charge in [0.15, 0.2) is 34.9 Å². The monoisotopic (exact) mass is 784 g/mol. The number of rotatable bonds is 9. The zero-order valence-electron chi connectivity index (χ0n) is 33.4. The molecule has 3 fully saturated rings. The highest BCUT2D eigenvalue weighted by molar-refractivity contribution is 5.76. The molecule has 0 saturated heterocycles. The summed E-state index contributed by atoms with van der Waals surface area (Å²) in [5, 5.41) is 0. The van der Waals surface area contributed by atoms with Gasteiger partial charge in [0, 0.05) is 33.4 Å². The van der Waals surface area contributed by atoms with Gasteiger partial charge in [-0.1, -0.05) is 176 Å². The van der Waals surface area contributed by atoms with Crippen molar-refractivity contribution in [2.75, 3.05) is 0 Å². The van der Waals surface area contributed by atoms with Crippen LogP contribution in [0.15, 0.2) is 188 Å². The lowest BCUT2D eigenvalue weighted by Crippen LogP contribution is -2.71. The summed E-state index contributed by atoms with van der Waals surface area (Å²) in [5.41, 5.74) is 12.0. The van der Waals surface area contributed by atoms with Gasteiger partial charge in [0.1, 0.15) is 0 Å². The molecule has 3 saturated carbocycles. The van der Waals surface area contributed by atoms with Gasteiger partial charge in [-0.2, -0.15) is 0 Å². The summed E-state index contributed by atoms with van der Waals surface area (Å²) in [6, 6.07) is 65.0. The predicted octanol–water partition coefficient (Wildman–Crippen LogP) is 12.7. The molecule has 2 heterocycles. The Morgan fingerprint density at radius 2 is 0.607 bits per heavy atom. The molecule has 0 amide bonds. The molecular formula is C55H40N6. The van der Waals surface area contributed by atoms with Gasteiger partial charge in [-0.25, -0.2) is 29.9 Å². The number of hydrogen-bond acceptors (Lipinski definition) is 6. The van der Waals surface area contributed by atoms with Crippen molar-refractivity contribution in [2.45, 2.75) is 24.7 Å². The van der Waals surface area contributed by atoms with E-state index in [2.05, 4.69) is 133 Å². The summed E-state index contributed by atoms with van der Waals surface area (Å²) >= 11 is 0. The van der Waals surface area contributed by atoms with Crippen LogP contribution in [0.4, 0.5) is 0 Å². The van der Waals surface area contributed by atoms with Gasteiger partial charge in [0.25, 0.3) is 0 Å². The Labute approximate surface area is 355 Å². The molecule has 61 heavy (non-hydrogen) atoms. The molecule has 6 heteroatoms. The molecule has 0 radical (unpaired) electrons. The van der Waals surface area contributed by atoms with Crippen molar-refractivity contribution < 1.29 is 0 Å². The molecule has 6 nitrogen and oxygen atoms in total. The predicted molar refractivity (Wildman–Crippen MR) is 243 cm³/mol. The fraction of sp³-hybridized carbons (Fsp3) is 0.127. The smallest absolute Gasteiger partial charge is 0.164 e. The fourth-order valence-electron chi connectivity index (χ4n) is 10.4. The van der Waals surface area contributed by atoms with Crippen molar-refractivity contribution in [3.8, 4) is 90.6 Å². The van der Waals surface area contributed by atoms with E-state index in [0.717, 1.165) is 73.4 Å². The number of hydrogen-bond donors (Lipinski definition) is 0. The average Bonchev–Trinajstić information content (AvgIpc) is 3.34. The highest BCUT2D eigenvalue weighted by atomic mass is 15.0. The molecule has 2 atom stereocenters. The van der Waals surface area contributed by atoms with Gasteiger partial charge in [0.2, 0.25) is 0 Å². The van der Waals surface area contributed by atoms with Crippen LogP contribution in [0, 0.1) is 17.8 Å². The third-order valence-corrected chi connectivity index (χ3v) is 13.4. The lowest BCUT2D eigenvalue weighted by Gasteiger charge is -2.76. The molecule has 0 aliphatic heterocycles. The molecule has 7 aromatic carbocycles. The molecule has 2 unspecified atom stereocenters.